The van der Waals surface area contributed by atoms with Crippen LogP contribution in [-0.4, -0.2) is 6.16 Å². The van der Waals surface area contributed by atoms with Gasteiger partial charge in [0.05, 0.1) is 0 Å². The molecular formula is C6H14P. The molecule has 0 nitrogen and oxygen atoms in total. The average Bonchev–Trinajstić information content (AvgIpc) is 1.69. The van der Waals surface area contributed by atoms with Gasteiger partial charge in [-0.25, -0.2) is 0 Å². The molecule has 0 amide bonds. The van der Waals surface area contributed by atoms with Gasteiger partial charge in [0, 0.05) is 0 Å². The zero-order valence-electron chi connectivity index (χ0n) is 5.20. The van der Waals surface area contributed by atoms with Crippen LogP contribution in [0.25, 0.3) is 0 Å². The normalized spacial score (nSPS) is 11.1. The molecule has 0 bridgehead atoms. The standard InChI is InChI=1S/C6H14P/c1-3-5-6-7-4-2/h6-7H,3-5H2,1-2H3. The Balaban J connectivity index is 2.45. The highest BCUT2D eigenvalue weighted by molar-refractivity contribution is 7.40. The van der Waals surface area contributed by atoms with Gasteiger partial charge in [-0.3, -0.25) is 0 Å². The largest absolute Gasteiger partial charge is 0.119 e. The molecule has 0 aromatic rings. The molecule has 0 spiro atoms. The zero-order valence-corrected chi connectivity index (χ0v) is 6.20. The van der Waals surface area contributed by atoms with Crippen molar-refractivity contribution in [1.29, 1.82) is 0 Å². The molecule has 7 heavy (non-hydrogen) atoms. The summed E-state index contributed by atoms with van der Waals surface area (Å²) in [5.74, 6) is 0. The quantitative estimate of drug-likeness (QED) is 0.392. The Hall–Kier alpha value is 0.430. The molecular weight excluding hydrogens is 103 g/mol. The Morgan fingerprint density at radius 3 is 2.57 bits per heavy atom. The van der Waals surface area contributed by atoms with E-state index in [0.29, 0.717) is 0 Å². The number of rotatable bonds is 4. The molecule has 43 valence electrons. The van der Waals surface area contributed by atoms with E-state index in [1.54, 1.807) is 0 Å². The first-order valence-electron chi connectivity index (χ1n) is 2.96. The third-order valence-electron chi connectivity index (χ3n) is 0.781. The van der Waals surface area contributed by atoms with Gasteiger partial charge in [-0.1, -0.05) is 20.3 Å². The molecule has 0 aromatic carbocycles. The smallest absolute Gasteiger partial charge is 0.0171 e. The summed E-state index contributed by atoms with van der Waals surface area (Å²) in [4.78, 5) is 0. The van der Waals surface area contributed by atoms with E-state index >= 15 is 0 Å². The van der Waals surface area contributed by atoms with Gasteiger partial charge in [0.1, 0.15) is 0 Å². The maximum Gasteiger partial charge on any atom is -0.0171 e. The second-order valence-corrected chi connectivity index (χ2v) is 3.07. The molecule has 1 unspecified atom stereocenters. The van der Waals surface area contributed by atoms with Gasteiger partial charge < -0.3 is 0 Å². The fraction of sp³-hybridized carbons (Fsp3) is 0.833. The van der Waals surface area contributed by atoms with Gasteiger partial charge in [0.2, 0.25) is 0 Å². The van der Waals surface area contributed by atoms with Crippen molar-refractivity contribution in [3.8, 4) is 0 Å². The lowest BCUT2D eigenvalue weighted by Gasteiger charge is -1.90. The SMILES string of the molecule is CCC[CH]PCC. The highest BCUT2D eigenvalue weighted by Gasteiger charge is 1.80. The van der Waals surface area contributed by atoms with Crippen molar-refractivity contribution in [3.63, 3.8) is 0 Å². The molecule has 0 aliphatic heterocycles. The molecule has 1 atom stereocenters. The summed E-state index contributed by atoms with van der Waals surface area (Å²) >= 11 is 0. The molecule has 1 radical (unpaired) electrons. The van der Waals surface area contributed by atoms with Crippen molar-refractivity contribution in [2.45, 2.75) is 26.7 Å². The van der Waals surface area contributed by atoms with Gasteiger partial charge in [0.25, 0.3) is 0 Å². The minimum atomic E-state index is 1.10. The summed E-state index contributed by atoms with van der Waals surface area (Å²) in [5.41, 5.74) is 0. The van der Waals surface area contributed by atoms with Crippen LogP contribution in [0.5, 0.6) is 0 Å². The van der Waals surface area contributed by atoms with E-state index in [0.717, 1.165) is 8.58 Å². The number of hydrogen-bond donors (Lipinski definition) is 0. The number of unbranched alkanes of at least 4 members (excludes halogenated alkanes) is 1. The van der Waals surface area contributed by atoms with Crippen LogP contribution in [0.4, 0.5) is 0 Å². The summed E-state index contributed by atoms with van der Waals surface area (Å²) in [7, 11) is 1.10. The van der Waals surface area contributed by atoms with Crippen molar-refractivity contribution in [2.24, 2.45) is 0 Å². The van der Waals surface area contributed by atoms with E-state index in [2.05, 4.69) is 20.0 Å². The molecule has 0 aliphatic rings. The van der Waals surface area contributed by atoms with E-state index in [9.17, 15) is 0 Å². The maximum absolute atomic E-state index is 2.39. The van der Waals surface area contributed by atoms with Crippen LogP contribution in [0.15, 0.2) is 0 Å². The molecule has 0 saturated heterocycles. The van der Waals surface area contributed by atoms with Crippen molar-refractivity contribution in [3.05, 3.63) is 6.16 Å². The van der Waals surface area contributed by atoms with Gasteiger partial charge >= 0.3 is 0 Å². The molecule has 0 fully saturated rings. The molecule has 0 N–H and O–H groups in total. The highest BCUT2D eigenvalue weighted by atomic mass is 31.1. The van der Waals surface area contributed by atoms with Crippen molar-refractivity contribution in [1.82, 2.24) is 0 Å². The minimum absolute atomic E-state index is 1.10. The Morgan fingerprint density at radius 1 is 1.43 bits per heavy atom. The first kappa shape index (κ1) is 7.43. The first-order chi connectivity index (χ1) is 3.41. The summed E-state index contributed by atoms with van der Waals surface area (Å²) in [6.45, 7) is 4.45. The monoisotopic (exact) mass is 117 g/mol. The summed E-state index contributed by atoms with van der Waals surface area (Å²) in [5, 5.41) is 0. The van der Waals surface area contributed by atoms with Crippen LogP contribution in [0.2, 0.25) is 0 Å². The average molecular weight is 117 g/mol. The van der Waals surface area contributed by atoms with Crippen LogP contribution in [-0.2, 0) is 0 Å². The molecule has 0 aliphatic carbocycles. The number of hydrogen-bond acceptors (Lipinski definition) is 0. The fourth-order valence-electron chi connectivity index (χ4n) is 0.391. The summed E-state index contributed by atoms with van der Waals surface area (Å²) < 4.78 is 0. The Kier molecular flexibility index (Phi) is 6.82. The molecule has 0 aromatic heterocycles. The van der Waals surface area contributed by atoms with E-state index in [4.69, 9.17) is 0 Å². The van der Waals surface area contributed by atoms with Gasteiger partial charge in [-0.05, 0) is 18.7 Å². The predicted molar refractivity (Wildman–Crippen MR) is 38.1 cm³/mol. The molecule has 0 rings (SSSR count). The van der Waals surface area contributed by atoms with E-state index in [1.807, 2.05) is 0 Å². The van der Waals surface area contributed by atoms with Gasteiger partial charge in [-0.2, -0.15) is 0 Å². The second-order valence-electron chi connectivity index (χ2n) is 1.55. The van der Waals surface area contributed by atoms with E-state index in [-0.39, 0.29) is 0 Å². The lowest BCUT2D eigenvalue weighted by molar-refractivity contribution is 0.943. The lowest BCUT2D eigenvalue weighted by atomic mass is 10.4. The predicted octanol–water partition coefficient (Wildman–Crippen LogP) is 2.65. The van der Waals surface area contributed by atoms with E-state index in [1.165, 1.54) is 19.0 Å². The highest BCUT2D eigenvalue weighted by Crippen LogP contribution is 2.16. The second kappa shape index (κ2) is 6.43. The van der Waals surface area contributed by atoms with Crippen LogP contribution in [0, 0.1) is 6.16 Å². The van der Waals surface area contributed by atoms with Gasteiger partial charge in [-0.15, -0.1) is 8.58 Å². The first-order valence-corrected chi connectivity index (χ1v) is 4.25. The molecule has 0 heterocycles. The lowest BCUT2D eigenvalue weighted by Crippen LogP contribution is -1.65. The summed E-state index contributed by atoms with van der Waals surface area (Å²) in [6.07, 6.45) is 6.35. The molecule has 1 heteroatoms. The van der Waals surface area contributed by atoms with Crippen LogP contribution in [0.3, 0.4) is 0 Å². The third-order valence-corrected chi connectivity index (χ3v) is 1.77. The van der Waals surface area contributed by atoms with Crippen LogP contribution < -0.4 is 0 Å². The maximum atomic E-state index is 2.39. The topological polar surface area (TPSA) is 0 Å². The van der Waals surface area contributed by atoms with E-state index < -0.39 is 0 Å². The molecule has 0 saturated carbocycles. The van der Waals surface area contributed by atoms with Crippen molar-refractivity contribution >= 4 is 8.58 Å². The Bertz CT molecular complexity index is 23.4. The summed E-state index contributed by atoms with van der Waals surface area (Å²) in [6, 6.07) is 0. The zero-order chi connectivity index (χ0) is 5.54. The third kappa shape index (κ3) is 6.43. The van der Waals surface area contributed by atoms with Crippen molar-refractivity contribution < 1.29 is 0 Å². The van der Waals surface area contributed by atoms with Crippen LogP contribution in [0.1, 0.15) is 26.7 Å². The fourth-order valence-corrected chi connectivity index (χ4v) is 1.17. The van der Waals surface area contributed by atoms with Crippen LogP contribution >= 0.6 is 8.58 Å². The minimum Gasteiger partial charge on any atom is -0.119 e. The Labute approximate surface area is 48.5 Å². The Morgan fingerprint density at radius 2 is 2.14 bits per heavy atom. The van der Waals surface area contributed by atoms with Gasteiger partial charge in [0.15, 0.2) is 0 Å². The van der Waals surface area contributed by atoms with Crippen molar-refractivity contribution in [2.75, 3.05) is 6.16 Å².